The van der Waals surface area contributed by atoms with Gasteiger partial charge in [-0.15, -0.1) is 0 Å². The van der Waals surface area contributed by atoms with E-state index < -0.39 is 6.10 Å². The predicted octanol–water partition coefficient (Wildman–Crippen LogP) is 0.948. The molecule has 5 heteroatoms. The van der Waals surface area contributed by atoms with Crippen LogP contribution in [-0.4, -0.2) is 60.1 Å². The minimum atomic E-state index is -0.445. The zero-order valence-corrected chi connectivity index (χ0v) is 12.1. The van der Waals surface area contributed by atoms with E-state index in [0.717, 1.165) is 19.4 Å². The molecule has 3 N–H and O–H groups in total. The Labute approximate surface area is 111 Å². The number of rotatable bonds is 9. The van der Waals surface area contributed by atoms with Crippen LogP contribution < -0.4 is 0 Å². The average Bonchev–Trinajstić information content (AvgIpc) is 2.32. The highest BCUT2D eigenvalue weighted by atomic mass is 16.5. The monoisotopic (exact) mass is 266 g/mol. The number of unbranched alkanes of at least 4 members (excludes halogenated alkanes) is 1. The summed E-state index contributed by atoms with van der Waals surface area (Å²) < 4.78 is 10.0. The Balaban J connectivity index is 0. The van der Waals surface area contributed by atoms with Crippen LogP contribution in [0.4, 0.5) is 0 Å². The van der Waals surface area contributed by atoms with Gasteiger partial charge in [-0.1, -0.05) is 13.3 Å². The topological polar surface area (TPSA) is 79.2 Å². The normalized spacial score (nSPS) is 15.5. The van der Waals surface area contributed by atoms with Gasteiger partial charge in [0.25, 0.3) is 0 Å². The van der Waals surface area contributed by atoms with E-state index in [1.165, 1.54) is 0 Å². The van der Waals surface area contributed by atoms with E-state index in [1.54, 1.807) is 20.8 Å². The molecule has 0 amide bonds. The van der Waals surface area contributed by atoms with E-state index in [0.29, 0.717) is 13.2 Å². The summed E-state index contributed by atoms with van der Waals surface area (Å²) in [5.41, 5.74) is 0. The lowest BCUT2D eigenvalue weighted by Crippen LogP contribution is -2.19. The van der Waals surface area contributed by atoms with Crippen LogP contribution in [0.3, 0.4) is 0 Å². The fourth-order valence-corrected chi connectivity index (χ4v) is 0.857. The summed E-state index contributed by atoms with van der Waals surface area (Å²) in [6.07, 6.45) is 1.31. The molecule has 0 saturated carbocycles. The molecule has 0 aliphatic carbocycles. The fourth-order valence-electron chi connectivity index (χ4n) is 0.857. The molecule has 0 radical (unpaired) electrons. The zero-order chi connectivity index (χ0) is 14.4. The number of hydrogen-bond donors (Lipinski definition) is 3. The van der Waals surface area contributed by atoms with Crippen LogP contribution in [-0.2, 0) is 9.47 Å². The van der Waals surface area contributed by atoms with Crippen LogP contribution in [0.2, 0.25) is 0 Å². The quantitative estimate of drug-likeness (QED) is 0.541. The van der Waals surface area contributed by atoms with Crippen molar-refractivity contribution >= 4 is 0 Å². The first-order chi connectivity index (χ1) is 8.43. The first-order valence-corrected chi connectivity index (χ1v) is 6.60. The van der Waals surface area contributed by atoms with Crippen LogP contribution in [0.5, 0.6) is 0 Å². The summed E-state index contributed by atoms with van der Waals surface area (Å²) in [6.45, 7) is 8.79. The maximum atomic E-state index is 8.73. The molecule has 3 atom stereocenters. The Morgan fingerprint density at radius 3 is 1.94 bits per heavy atom. The summed E-state index contributed by atoms with van der Waals surface area (Å²) in [7, 11) is 0. The van der Waals surface area contributed by atoms with Crippen LogP contribution >= 0.6 is 0 Å². The highest BCUT2D eigenvalue weighted by molar-refractivity contribution is 4.47. The molecule has 0 rings (SSSR count). The van der Waals surface area contributed by atoms with E-state index in [9.17, 15) is 0 Å². The molecule has 0 spiro atoms. The minimum absolute atomic E-state index is 0.00667. The molecule has 0 bridgehead atoms. The minimum Gasteiger partial charge on any atom is -0.394 e. The SMILES string of the molecule is CC(O)COC(C)CO.CCCCOCC(C)O. The average molecular weight is 266 g/mol. The van der Waals surface area contributed by atoms with Gasteiger partial charge in [-0.2, -0.15) is 0 Å². The van der Waals surface area contributed by atoms with Gasteiger partial charge in [0.15, 0.2) is 0 Å². The largest absolute Gasteiger partial charge is 0.394 e. The lowest BCUT2D eigenvalue weighted by molar-refractivity contribution is -0.0177. The first kappa shape index (κ1) is 20.1. The molecule has 0 fully saturated rings. The molecule has 112 valence electrons. The van der Waals surface area contributed by atoms with Gasteiger partial charge < -0.3 is 24.8 Å². The highest BCUT2D eigenvalue weighted by Crippen LogP contribution is 1.90. The van der Waals surface area contributed by atoms with E-state index in [1.807, 2.05) is 0 Å². The molecular weight excluding hydrogens is 236 g/mol. The van der Waals surface area contributed by atoms with Gasteiger partial charge in [-0.3, -0.25) is 0 Å². The van der Waals surface area contributed by atoms with Crippen molar-refractivity contribution in [1.82, 2.24) is 0 Å². The lowest BCUT2D eigenvalue weighted by Gasteiger charge is -2.10. The van der Waals surface area contributed by atoms with Gasteiger partial charge in [0.2, 0.25) is 0 Å². The smallest absolute Gasteiger partial charge is 0.0779 e. The van der Waals surface area contributed by atoms with E-state index >= 15 is 0 Å². The molecular formula is C13H30O5. The number of hydrogen-bond acceptors (Lipinski definition) is 5. The Bertz CT molecular complexity index is 150. The van der Waals surface area contributed by atoms with Crippen molar-refractivity contribution in [2.45, 2.75) is 58.8 Å². The third-order valence-electron chi connectivity index (χ3n) is 1.88. The Morgan fingerprint density at radius 2 is 1.56 bits per heavy atom. The summed E-state index contributed by atoms with van der Waals surface area (Å²) in [5, 5.41) is 25.9. The fraction of sp³-hybridized carbons (Fsp3) is 1.00. The number of aliphatic hydroxyl groups excluding tert-OH is 3. The second-order valence-electron chi connectivity index (χ2n) is 4.45. The molecule has 0 aromatic carbocycles. The second kappa shape index (κ2) is 14.9. The van der Waals surface area contributed by atoms with Crippen molar-refractivity contribution in [3.05, 3.63) is 0 Å². The molecule has 0 aromatic rings. The van der Waals surface area contributed by atoms with Crippen molar-refractivity contribution in [2.24, 2.45) is 0 Å². The standard InChI is InChI=1S/C7H16O2.C6H14O3/c1-3-4-5-9-6-7(2)8;1-5(8)4-9-6(2)3-7/h7-8H,3-6H2,1-2H3;5-8H,3-4H2,1-2H3. The molecule has 0 aliphatic heterocycles. The Morgan fingerprint density at radius 1 is 1.00 bits per heavy atom. The van der Waals surface area contributed by atoms with Crippen LogP contribution in [0.1, 0.15) is 40.5 Å². The molecule has 0 aromatic heterocycles. The second-order valence-corrected chi connectivity index (χ2v) is 4.45. The van der Waals surface area contributed by atoms with Crippen molar-refractivity contribution < 1.29 is 24.8 Å². The summed E-state index contributed by atoms with van der Waals surface area (Å²) >= 11 is 0. The molecule has 0 saturated heterocycles. The first-order valence-electron chi connectivity index (χ1n) is 6.60. The third-order valence-corrected chi connectivity index (χ3v) is 1.88. The van der Waals surface area contributed by atoms with Gasteiger partial charge in [0.05, 0.1) is 38.1 Å². The van der Waals surface area contributed by atoms with Crippen LogP contribution in [0.25, 0.3) is 0 Å². The van der Waals surface area contributed by atoms with E-state index in [-0.39, 0.29) is 18.8 Å². The predicted molar refractivity (Wildman–Crippen MR) is 71.6 cm³/mol. The van der Waals surface area contributed by atoms with Crippen molar-refractivity contribution in [3.8, 4) is 0 Å². The maximum Gasteiger partial charge on any atom is 0.0779 e. The molecule has 5 nitrogen and oxygen atoms in total. The highest BCUT2D eigenvalue weighted by Gasteiger charge is 2.00. The molecule has 18 heavy (non-hydrogen) atoms. The zero-order valence-electron chi connectivity index (χ0n) is 12.1. The van der Waals surface area contributed by atoms with Crippen LogP contribution in [0.15, 0.2) is 0 Å². The van der Waals surface area contributed by atoms with Gasteiger partial charge in [0, 0.05) is 6.61 Å². The molecule has 3 unspecified atom stereocenters. The van der Waals surface area contributed by atoms with Crippen molar-refractivity contribution in [3.63, 3.8) is 0 Å². The maximum absolute atomic E-state index is 8.73. The van der Waals surface area contributed by atoms with E-state index in [4.69, 9.17) is 24.8 Å². The number of aliphatic hydroxyl groups is 3. The van der Waals surface area contributed by atoms with E-state index in [2.05, 4.69) is 6.92 Å². The van der Waals surface area contributed by atoms with Gasteiger partial charge in [-0.25, -0.2) is 0 Å². The van der Waals surface area contributed by atoms with Crippen molar-refractivity contribution in [2.75, 3.05) is 26.4 Å². The van der Waals surface area contributed by atoms with Gasteiger partial charge >= 0.3 is 0 Å². The van der Waals surface area contributed by atoms with Gasteiger partial charge in [-0.05, 0) is 27.2 Å². The summed E-state index contributed by atoms with van der Waals surface area (Å²) in [6, 6.07) is 0. The van der Waals surface area contributed by atoms with Gasteiger partial charge in [0.1, 0.15) is 0 Å². The Kier molecular flexibility index (Phi) is 16.6. The summed E-state index contributed by atoms with van der Waals surface area (Å²) in [5.74, 6) is 0. The van der Waals surface area contributed by atoms with Crippen molar-refractivity contribution in [1.29, 1.82) is 0 Å². The molecule has 0 heterocycles. The Hall–Kier alpha value is -0.200. The summed E-state index contributed by atoms with van der Waals surface area (Å²) in [4.78, 5) is 0. The third kappa shape index (κ3) is 21.1. The number of ether oxygens (including phenoxy) is 2. The lowest BCUT2D eigenvalue weighted by atomic mass is 10.4. The van der Waals surface area contributed by atoms with Crippen LogP contribution in [0, 0.1) is 0 Å². The molecule has 0 aliphatic rings.